The number of benzene rings is 1. The summed E-state index contributed by atoms with van der Waals surface area (Å²) < 4.78 is 0. The molecule has 2 atom stereocenters. The van der Waals surface area contributed by atoms with Crippen LogP contribution in [0.1, 0.15) is 30.6 Å². The molecule has 1 aliphatic rings. The molecule has 2 rings (SSSR count). The fourth-order valence-corrected chi connectivity index (χ4v) is 2.72. The number of nitro benzene ring substituents is 1. The molecule has 6 nitrogen and oxygen atoms in total. The predicted octanol–water partition coefficient (Wildman–Crippen LogP) is 2.57. The first-order valence-corrected chi connectivity index (χ1v) is 7.08. The Bertz CT molecular complexity index is 665. The van der Waals surface area contributed by atoms with E-state index >= 15 is 0 Å². The highest BCUT2D eigenvalue weighted by molar-refractivity contribution is 6.39. The van der Waals surface area contributed by atoms with E-state index in [0.717, 1.165) is 12.1 Å². The molecule has 22 heavy (non-hydrogen) atoms. The van der Waals surface area contributed by atoms with Crippen LogP contribution in [0.2, 0.25) is 0 Å². The Morgan fingerprint density at radius 3 is 2.32 bits per heavy atom. The third-order valence-electron chi connectivity index (χ3n) is 3.80. The maximum absolute atomic E-state index is 12.4. The van der Waals surface area contributed by atoms with Crippen molar-refractivity contribution in [1.82, 2.24) is 0 Å². The minimum atomic E-state index is -1.42. The molecule has 1 aromatic carbocycles. The van der Waals surface area contributed by atoms with Crippen molar-refractivity contribution in [3.8, 4) is 0 Å². The first-order chi connectivity index (χ1) is 10.1. The first-order valence-electron chi connectivity index (χ1n) is 6.64. The van der Waals surface area contributed by atoms with E-state index < -0.39 is 39.0 Å². The Kier molecular flexibility index (Phi) is 4.15. The number of Topliss-reactive ketones (excluding diaryl/α,β-unsaturated/α-hetero) is 3. The van der Waals surface area contributed by atoms with Gasteiger partial charge in [0.25, 0.3) is 5.69 Å². The third-order valence-corrected chi connectivity index (χ3v) is 4.60. The third kappa shape index (κ3) is 2.78. The Morgan fingerprint density at radius 1 is 1.27 bits per heavy atom. The molecule has 1 saturated carbocycles. The summed E-state index contributed by atoms with van der Waals surface area (Å²) in [6, 6.07) is 4.80. The summed E-state index contributed by atoms with van der Waals surface area (Å²) in [4.78, 5) is 46.8. The number of non-ortho nitro benzene ring substituents is 1. The van der Waals surface area contributed by atoms with E-state index in [1.807, 2.05) is 0 Å². The maximum atomic E-state index is 12.4. The highest BCUT2D eigenvalue weighted by Gasteiger charge is 2.49. The number of alkyl halides is 1. The average molecular weight is 324 g/mol. The van der Waals surface area contributed by atoms with E-state index in [4.69, 9.17) is 11.6 Å². The highest BCUT2D eigenvalue weighted by atomic mass is 35.5. The zero-order chi connectivity index (χ0) is 16.7. The highest BCUT2D eigenvalue weighted by Crippen LogP contribution is 2.38. The quantitative estimate of drug-likeness (QED) is 0.280. The van der Waals surface area contributed by atoms with Crippen molar-refractivity contribution < 1.29 is 19.3 Å². The lowest BCUT2D eigenvalue weighted by atomic mass is 9.69. The molecule has 0 radical (unpaired) electrons. The summed E-state index contributed by atoms with van der Waals surface area (Å²) in [6.07, 6.45) is 0.0380. The Balaban J connectivity index is 2.30. The Hall–Kier alpha value is -2.08. The van der Waals surface area contributed by atoms with Crippen molar-refractivity contribution >= 4 is 34.6 Å². The maximum Gasteiger partial charge on any atom is 0.269 e. The van der Waals surface area contributed by atoms with Gasteiger partial charge in [-0.15, -0.1) is 11.6 Å². The van der Waals surface area contributed by atoms with Gasteiger partial charge in [-0.3, -0.25) is 24.5 Å². The zero-order valence-corrected chi connectivity index (χ0v) is 12.8. The molecule has 1 fully saturated rings. The molecule has 116 valence electrons. The monoisotopic (exact) mass is 323 g/mol. The van der Waals surface area contributed by atoms with Crippen LogP contribution < -0.4 is 0 Å². The van der Waals surface area contributed by atoms with Gasteiger partial charge in [0.1, 0.15) is 5.92 Å². The topological polar surface area (TPSA) is 94.3 Å². The molecule has 0 heterocycles. The number of nitro groups is 1. The molecule has 0 amide bonds. The van der Waals surface area contributed by atoms with Crippen molar-refractivity contribution in [2.24, 2.45) is 11.3 Å². The van der Waals surface area contributed by atoms with Crippen molar-refractivity contribution in [3.05, 3.63) is 39.9 Å². The van der Waals surface area contributed by atoms with Crippen LogP contribution >= 0.6 is 11.6 Å². The van der Waals surface area contributed by atoms with E-state index in [9.17, 15) is 24.5 Å². The number of nitrogens with zero attached hydrogens (tertiary/aromatic N) is 1. The van der Waals surface area contributed by atoms with Crippen LogP contribution in [-0.2, 0) is 9.59 Å². The van der Waals surface area contributed by atoms with Gasteiger partial charge in [0, 0.05) is 24.1 Å². The molecule has 1 aromatic rings. The number of carbonyl (C=O) groups excluding carboxylic acids is 3. The van der Waals surface area contributed by atoms with Gasteiger partial charge in [-0.2, -0.15) is 0 Å². The van der Waals surface area contributed by atoms with E-state index in [1.54, 1.807) is 13.8 Å². The van der Waals surface area contributed by atoms with Gasteiger partial charge in [0.05, 0.1) is 10.3 Å². The molecule has 0 saturated heterocycles. The zero-order valence-electron chi connectivity index (χ0n) is 12.0. The van der Waals surface area contributed by atoms with E-state index in [1.165, 1.54) is 12.1 Å². The smallest absolute Gasteiger partial charge is 0.269 e. The van der Waals surface area contributed by atoms with Crippen LogP contribution in [0.5, 0.6) is 0 Å². The number of rotatable bonds is 3. The summed E-state index contributed by atoms with van der Waals surface area (Å²) in [7, 11) is 0. The average Bonchev–Trinajstić information content (AvgIpc) is 2.44. The van der Waals surface area contributed by atoms with Crippen molar-refractivity contribution in [2.45, 2.75) is 25.6 Å². The van der Waals surface area contributed by atoms with Crippen LogP contribution in [-0.4, -0.2) is 27.7 Å². The normalized spacial score (nSPS) is 24.1. The fraction of sp³-hybridized carbons (Fsp3) is 0.400. The van der Waals surface area contributed by atoms with Gasteiger partial charge >= 0.3 is 0 Å². The van der Waals surface area contributed by atoms with Crippen LogP contribution in [0.25, 0.3) is 0 Å². The lowest BCUT2D eigenvalue weighted by molar-refractivity contribution is -0.384. The second-order valence-corrected chi connectivity index (χ2v) is 6.43. The minimum Gasteiger partial charge on any atom is -0.298 e. The van der Waals surface area contributed by atoms with Crippen molar-refractivity contribution in [2.75, 3.05) is 0 Å². The standard InChI is InChI=1S/C15H14ClNO5/c1-15(2)7-10(18)11(13(20)14(15)16)12(19)8-3-5-9(6-4-8)17(21)22/h3-6,11,14H,7H2,1-2H3. The number of halogens is 1. The lowest BCUT2D eigenvalue weighted by Crippen LogP contribution is -2.49. The molecular weight excluding hydrogens is 310 g/mol. The summed E-state index contributed by atoms with van der Waals surface area (Å²) in [5.74, 6) is -3.15. The number of ketones is 3. The van der Waals surface area contributed by atoms with Gasteiger partial charge in [-0.1, -0.05) is 13.8 Å². The van der Waals surface area contributed by atoms with Crippen LogP contribution in [0.4, 0.5) is 5.69 Å². The molecule has 2 unspecified atom stereocenters. The molecule has 0 aliphatic heterocycles. The summed E-state index contributed by atoms with van der Waals surface area (Å²) in [5.41, 5.74) is -0.780. The van der Waals surface area contributed by atoms with Gasteiger partial charge in [0.2, 0.25) is 0 Å². The minimum absolute atomic E-state index is 0.0380. The molecule has 0 bridgehead atoms. The van der Waals surface area contributed by atoms with Gasteiger partial charge in [-0.05, 0) is 17.5 Å². The number of hydrogen-bond donors (Lipinski definition) is 0. The van der Waals surface area contributed by atoms with Crippen molar-refractivity contribution in [1.29, 1.82) is 0 Å². The van der Waals surface area contributed by atoms with Crippen LogP contribution in [0.3, 0.4) is 0 Å². The Morgan fingerprint density at radius 2 is 1.82 bits per heavy atom. The first kappa shape index (κ1) is 16.3. The number of hydrogen-bond acceptors (Lipinski definition) is 5. The largest absolute Gasteiger partial charge is 0.298 e. The molecule has 0 spiro atoms. The Labute approximate surface area is 131 Å². The van der Waals surface area contributed by atoms with Crippen LogP contribution in [0, 0.1) is 21.4 Å². The lowest BCUT2D eigenvalue weighted by Gasteiger charge is -2.35. The molecule has 0 N–H and O–H groups in total. The molecule has 0 aromatic heterocycles. The fourth-order valence-electron chi connectivity index (χ4n) is 2.52. The van der Waals surface area contributed by atoms with E-state index in [-0.39, 0.29) is 17.7 Å². The van der Waals surface area contributed by atoms with Crippen LogP contribution in [0.15, 0.2) is 24.3 Å². The summed E-state index contributed by atoms with van der Waals surface area (Å²) in [5, 5.41) is 9.68. The molecule has 7 heteroatoms. The van der Waals surface area contributed by atoms with Crippen molar-refractivity contribution in [3.63, 3.8) is 0 Å². The summed E-state index contributed by atoms with van der Waals surface area (Å²) in [6.45, 7) is 3.40. The molecular formula is C15H14ClNO5. The summed E-state index contributed by atoms with van der Waals surface area (Å²) >= 11 is 6.07. The van der Waals surface area contributed by atoms with Gasteiger partial charge in [-0.25, -0.2) is 0 Å². The SMILES string of the molecule is CC1(C)CC(=O)C(C(=O)c2ccc([N+](=O)[O-])cc2)C(=O)C1Cl. The van der Waals surface area contributed by atoms with E-state index in [2.05, 4.69) is 0 Å². The second-order valence-electron chi connectivity index (χ2n) is 6.00. The van der Waals surface area contributed by atoms with Gasteiger partial charge < -0.3 is 0 Å². The predicted molar refractivity (Wildman–Crippen MR) is 79.0 cm³/mol. The number of carbonyl (C=O) groups is 3. The molecule has 1 aliphatic carbocycles. The van der Waals surface area contributed by atoms with Gasteiger partial charge in [0.15, 0.2) is 17.3 Å². The second kappa shape index (κ2) is 5.61. The van der Waals surface area contributed by atoms with E-state index in [0.29, 0.717) is 0 Å².